The Balaban J connectivity index is 1.87. The normalized spacial score (nSPS) is 33.9. The van der Waals surface area contributed by atoms with Gasteiger partial charge in [0.2, 0.25) is 5.91 Å². The highest BCUT2D eigenvalue weighted by atomic mass is 32.1. The van der Waals surface area contributed by atoms with Crippen molar-refractivity contribution < 1.29 is 4.79 Å². The van der Waals surface area contributed by atoms with E-state index in [0.29, 0.717) is 17.9 Å². The number of nitrogens with zero attached hydrogens (tertiary/aromatic N) is 1. The second kappa shape index (κ2) is 5.15. The largest absolute Gasteiger partial charge is 0.318 e. The number of carbonyl (C=O) groups is 1. The van der Waals surface area contributed by atoms with Gasteiger partial charge in [-0.25, -0.2) is 0 Å². The molecule has 2 atom stereocenters. The van der Waals surface area contributed by atoms with Crippen molar-refractivity contribution in [1.82, 2.24) is 10.2 Å². The maximum absolute atomic E-state index is 12.7. The van der Waals surface area contributed by atoms with Crippen LogP contribution in [0.4, 0.5) is 0 Å². The summed E-state index contributed by atoms with van der Waals surface area (Å²) in [6.07, 6.45) is 2.39. The zero-order chi connectivity index (χ0) is 14.4. The van der Waals surface area contributed by atoms with Crippen LogP contribution in [0.3, 0.4) is 0 Å². The van der Waals surface area contributed by atoms with Gasteiger partial charge in [-0.15, -0.1) is 11.3 Å². The van der Waals surface area contributed by atoms with Crippen LogP contribution >= 0.6 is 11.3 Å². The van der Waals surface area contributed by atoms with Crippen LogP contribution in [0.1, 0.15) is 49.5 Å². The Morgan fingerprint density at radius 3 is 2.55 bits per heavy atom. The summed E-state index contributed by atoms with van der Waals surface area (Å²) in [7, 11) is 0. The predicted molar refractivity (Wildman–Crippen MR) is 82.6 cm³/mol. The first-order valence-corrected chi connectivity index (χ1v) is 8.43. The molecule has 1 amide bonds. The molecule has 1 aliphatic heterocycles. The van der Waals surface area contributed by atoms with Crippen molar-refractivity contribution in [1.29, 1.82) is 0 Å². The van der Waals surface area contributed by atoms with Gasteiger partial charge in [0, 0.05) is 15.8 Å². The van der Waals surface area contributed by atoms with E-state index in [0.717, 1.165) is 18.8 Å². The lowest BCUT2D eigenvalue weighted by Crippen LogP contribution is -2.47. The fourth-order valence-electron chi connectivity index (χ4n) is 3.38. The molecule has 1 aromatic rings. The lowest BCUT2D eigenvalue weighted by atomic mass is 9.80. The van der Waals surface area contributed by atoms with Crippen LogP contribution in [0.25, 0.3) is 0 Å². The van der Waals surface area contributed by atoms with Crippen LogP contribution in [0, 0.1) is 18.8 Å². The minimum absolute atomic E-state index is 0.0293. The molecule has 2 aliphatic rings. The summed E-state index contributed by atoms with van der Waals surface area (Å²) in [4.78, 5) is 17.5. The Bertz CT molecular complexity index is 504. The maximum atomic E-state index is 12.7. The van der Waals surface area contributed by atoms with Crippen LogP contribution in [0.5, 0.6) is 0 Å². The van der Waals surface area contributed by atoms with Crippen molar-refractivity contribution in [2.24, 2.45) is 11.8 Å². The van der Waals surface area contributed by atoms with Crippen LogP contribution in [-0.4, -0.2) is 22.9 Å². The highest BCUT2D eigenvalue weighted by Crippen LogP contribution is 2.40. The Morgan fingerprint density at radius 1 is 1.35 bits per heavy atom. The number of thiophene rings is 1. The number of aryl methyl sites for hydroxylation is 1. The van der Waals surface area contributed by atoms with Crippen molar-refractivity contribution in [3.05, 3.63) is 21.9 Å². The third-order valence-corrected chi connectivity index (χ3v) is 5.63. The zero-order valence-corrected chi connectivity index (χ0v) is 13.5. The van der Waals surface area contributed by atoms with Crippen LogP contribution in [-0.2, 0) is 4.79 Å². The Morgan fingerprint density at radius 2 is 2.05 bits per heavy atom. The second-order valence-corrected chi connectivity index (χ2v) is 8.03. The van der Waals surface area contributed by atoms with Crippen molar-refractivity contribution in [3.63, 3.8) is 0 Å². The summed E-state index contributed by atoms with van der Waals surface area (Å²) in [6.45, 7) is 8.65. The molecule has 0 bridgehead atoms. The first-order chi connectivity index (χ1) is 9.47. The van der Waals surface area contributed by atoms with Crippen LogP contribution < -0.4 is 5.32 Å². The van der Waals surface area contributed by atoms with Gasteiger partial charge in [0.05, 0.1) is 6.04 Å². The van der Waals surface area contributed by atoms with E-state index in [9.17, 15) is 4.79 Å². The summed E-state index contributed by atoms with van der Waals surface area (Å²) in [5, 5.41) is 3.57. The van der Waals surface area contributed by atoms with Crippen molar-refractivity contribution in [3.8, 4) is 0 Å². The monoisotopic (exact) mass is 292 g/mol. The van der Waals surface area contributed by atoms with Crippen LogP contribution in [0.15, 0.2) is 12.1 Å². The first-order valence-electron chi connectivity index (χ1n) is 7.62. The molecule has 1 N–H and O–H groups in total. The lowest BCUT2D eigenvalue weighted by Gasteiger charge is -2.42. The average Bonchev–Trinajstić information content (AvgIpc) is 2.89. The van der Waals surface area contributed by atoms with Gasteiger partial charge < -0.3 is 4.90 Å². The molecule has 1 aromatic heterocycles. The number of rotatable bonds is 3. The minimum atomic E-state index is -0.0293. The van der Waals surface area contributed by atoms with E-state index in [2.05, 4.69) is 50.0 Å². The molecule has 1 saturated heterocycles. The predicted octanol–water partition coefficient (Wildman–Crippen LogP) is 3.31. The van der Waals surface area contributed by atoms with Crippen molar-refractivity contribution in [2.45, 2.75) is 58.8 Å². The fourth-order valence-corrected chi connectivity index (χ4v) is 4.32. The summed E-state index contributed by atoms with van der Waals surface area (Å²) >= 11 is 1.80. The minimum Gasteiger partial charge on any atom is -0.318 e. The van der Waals surface area contributed by atoms with E-state index in [1.165, 1.54) is 9.75 Å². The molecule has 2 fully saturated rings. The Labute approximate surface area is 125 Å². The smallest absolute Gasteiger partial charge is 0.241 e. The van der Waals surface area contributed by atoms with E-state index < -0.39 is 0 Å². The number of hydrogen-bond donors (Lipinski definition) is 1. The number of amides is 1. The zero-order valence-electron chi connectivity index (χ0n) is 12.7. The van der Waals surface area contributed by atoms with Gasteiger partial charge >= 0.3 is 0 Å². The molecule has 1 aliphatic carbocycles. The van der Waals surface area contributed by atoms with Crippen LogP contribution in [0.2, 0.25) is 0 Å². The molecule has 4 heteroatoms. The van der Waals surface area contributed by atoms with E-state index in [4.69, 9.17) is 0 Å². The van der Waals surface area contributed by atoms with Gasteiger partial charge in [-0.1, -0.05) is 20.8 Å². The lowest BCUT2D eigenvalue weighted by molar-refractivity contribution is -0.135. The van der Waals surface area contributed by atoms with Gasteiger partial charge in [-0.2, -0.15) is 0 Å². The maximum Gasteiger partial charge on any atom is 0.241 e. The molecular weight excluding hydrogens is 268 g/mol. The standard InChI is InChI=1S/C16H24N2OS/c1-9(2)14-16(19)18(12-7-10(3)8-12)15(17-14)13-6-5-11(4)20-13/h5-6,9-10,12,14-15,17H,7-8H2,1-4H3. The van der Waals surface area contributed by atoms with Gasteiger partial charge in [0.25, 0.3) is 0 Å². The molecule has 2 unspecified atom stereocenters. The van der Waals surface area contributed by atoms with Gasteiger partial charge in [0.1, 0.15) is 6.17 Å². The molecule has 0 radical (unpaired) electrons. The van der Waals surface area contributed by atoms with E-state index in [-0.39, 0.29) is 12.2 Å². The topological polar surface area (TPSA) is 32.3 Å². The van der Waals surface area contributed by atoms with E-state index >= 15 is 0 Å². The summed E-state index contributed by atoms with van der Waals surface area (Å²) in [6, 6.07) is 4.72. The molecular formula is C16H24N2OS. The molecule has 3 rings (SSSR count). The number of carbonyl (C=O) groups excluding carboxylic acids is 1. The molecule has 0 spiro atoms. The van der Waals surface area contributed by atoms with E-state index in [1.54, 1.807) is 11.3 Å². The molecule has 20 heavy (non-hydrogen) atoms. The van der Waals surface area contributed by atoms with E-state index in [1.807, 2.05) is 0 Å². The van der Waals surface area contributed by atoms with Crippen molar-refractivity contribution in [2.75, 3.05) is 0 Å². The summed E-state index contributed by atoms with van der Waals surface area (Å²) in [5.41, 5.74) is 0. The third-order valence-electron chi connectivity index (χ3n) is 4.58. The summed E-state index contributed by atoms with van der Waals surface area (Å²) in [5.74, 6) is 1.40. The average molecular weight is 292 g/mol. The van der Waals surface area contributed by atoms with Gasteiger partial charge in [0.15, 0.2) is 0 Å². The Kier molecular flexibility index (Phi) is 3.63. The third kappa shape index (κ3) is 2.29. The highest BCUT2D eigenvalue weighted by Gasteiger charge is 2.47. The Hall–Kier alpha value is -0.870. The molecule has 110 valence electrons. The molecule has 0 aromatic carbocycles. The van der Waals surface area contributed by atoms with Gasteiger partial charge in [-0.05, 0) is 43.7 Å². The number of hydrogen-bond acceptors (Lipinski definition) is 3. The molecule has 2 heterocycles. The SMILES string of the molecule is Cc1ccc(C2NC(C(C)C)C(=O)N2C2CC(C)C2)s1. The summed E-state index contributed by atoms with van der Waals surface area (Å²) < 4.78 is 0. The highest BCUT2D eigenvalue weighted by molar-refractivity contribution is 7.12. The fraction of sp³-hybridized carbons (Fsp3) is 0.688. The van der Waals surface area contributed by atoms with Gasteiger partial charge in [-0.3, -0.25) is 10.1 Å². The molecule has 1 saturated carbocycles. The first kappa shape index (κ1) is 14.1. The molecule has 3 nitrogen and oxygen atoms in total. The van der Waals surface area contributed by atoms with Crippen molar-refractivity contribution >= 4 is 17.2 Å². The number of nitrogens with one attached hydrogen (secondary N) is 1. The quantitative estimate of drug-likeness (QED) is 0.927. The second-order valence-electron chi connectivity index (χ2n) is 6.72.